The Hall–Kier alpha value is -3.48. The number of aliphatic carboxylic acids is 1. The van der Waals surface area contributed by atoms with Crippen molar-refractivity contribution in [3.8, 4) is 0 Å². The number of hydrogen-bond acceptors (Lipinski definition) is 4. The first-order valence-corrected chi connectivity index (χ1v) is 9.71. The zero-order valence-corrected chi connectivity index (χ0v) is 16.3. The summed E-state index contributed by atoms with van der Waals surface area (Å²) in [5.41, 5.74) is 0.881. The van der Waals surface area contributed by atoms with Gasteiger partial charge in [0.2, 0.25) is 0 Å². The third-order valence-electron chi connectivity index (χ3n) is 5.06. The van der Waals surface area contributed by atoms with E-state index in [2.05, 4.69) is 0 Å². The first kappa shape index (κ1) is 21.2. The largest absolute Gasteiger partial charge is 0.507 e. The Morgan fingerprint density at radius 3 is 2.23 bits per heavy atom. The van der Waals surface area contributed by atoms with E-state index in [1.165, 1.54) is 29.2 Å². The topological polar surface area (TPSA) is 94.9 Å². The number of carboxylic acids is 1. The van der Waals surface area contributed by atoms with Gasteiger partial charge < -0.3 is 15.1 Å². The highest BCUT2D eigenvalue weighted by Gasteiger charge is 2.45. The van der Waals surface area contributed by atoms with Gasteiger partial charge in [-0.25, -0.2) is 4.39 Å². The molecule has 2 N–H and O–H groups in total. The van der Waals surface area contributed by atoms with Gasteiger partial charge in [-0.05, 0) is 42.7 Å². The molecule has 1 unspecified atom stereocenters. The number of aliphatic hydroxyl groups excluding tert-OH is 1. The van der Waals surface area contributed by atoms with Crippen LogP contribution in [0.3, 0.4) is 0 Å². The number of likely N-dealkylation sites (tertiary alicyclic amines) is 1. The molecule has 1 fully saturated rings. The molecule has 0 radical (unpaired) electrons. The van der Waals surface area contributed by atoms with E-state index in [-0.39, 0.29) is 29.9 Å². The number of carbonyl (C=O) groups excluding carboxylic acids is 2. The highest BCUT2D eigenvalue weighted by Crippen LogP contribution is 2.39. The summed E-state index contributed by atoms with van der Waals surface area (Å²) in [6.45, 7) is 0.254. The summed E-state index contributed by atoms with van der Waals surface area (Å²) in [7, 11) is 0. The number of nitrogens with zero attached hydrogens (tertiary/aromatic N) is 1. The molecule has 1 heterocycles. The van der Waals surface area contributed by atoms with E-state index in [4.69, 9.17) is 5.11 Å². The fourth-order valence-corrected chi connectivity index (χ4v) is 3.59. The van der Waals surface area contributed by atoms with Crippen LogP contribution in [0, 0.1) is 5.82 Å². The van der Waals surface area contributed by atoms with Gasteiger partial charge in [-0.2, -0.15) is 0 Å². The highest BCUT2D eigenvalue weighted by atomic mass is 19.1. The van der Waals surface area contributed by atoms with Crippen molar-refractivity contribution in [2.45, 2.75) is 31.7 Å². The van der Waals surface area contributed by atoms with Crippen LogP contribution in [0.25, 0.3) is 5.76 Å². The Bertz CT molecular complexity index is 969. The minimum absolute atomic E-state index is 0.0386. The molecule has 3 rings (SSSR count). The Kier molecular flexibility index (Phi) is 6.61. The van der Waals surface area contributed by atoms with Crippen molar-refractivity contribution >= 4 is 23.4 Å². The Balaban J connectivity index is 1.94. The maximum Gasteiger partial charge on any atom is 0.303 e. The normalized spacial score (nSPS) is 18.0. The maximum atomic E-state index is 13.3. The average molecular weight is 411 g/mol. The number of halogens is 1. The van der Waals surface area contributed by atoms with E-state index in [9.17, 15) is 23.9 Å². The Morgan fingerprint density at radius 2 is 1.60 bits per heavy atom. The number of rotatable bonds is 8. The van der Waals surface area contributed by atoms with Gasteiger partial charge in [-0.1, -0.05) is 36.8 Å². The van der Waals surface area contributed by atoms with E-state index in [0.717, 1.165) is 0 Å². The Morgan fingerprint density at radius 1 is 0.933 bits per heavy atom. The van der Waals surface area contributed by atoms with Crippen LogP contribution in [-0.2, 0) is 14.4 Å². The number of unbranched alkanes of at least 4 members (excludes halogenated alkanes) is 2. The number of amides is 1. The average Bonchev–Trinajstić information content (AvgIpc) is 2.99. The zero-order valence-electron chi connectivity index (χ0n) is 16.3. The lowest BCUT2D eigenvalue weighted by atomic mass is 9.95. The lowest BCUT2D eigenvalue weighted by Gasteiger charge is -2.25. The fraction of sp³-hybridized carbons (Fsp3) is 0.261. The molecule has 1 amide bonds. The molecule has 6 nitrogen and oxygen atoms in total. The SMILES string of the molecule is O=C(O)CCCCCN1C(=O)C(=O)/C(=C(\O)c2ccc(F)cc2)C1c1ccccc1. The van der Waals surface area contributed by atoms with Crippen molar-refractivity contribution in [1.82, 2.24) is 4.90 Å². The quantitative estimate of drug-likeness (QED) is 0.297. The first-order valence-electron chi connectivity index (χ1n) is 9.71. The summed E-state index contributed by atoms with van der Waals surface area (Å²) >= 11 is 0. The number of carbonyl (C=O) groups is 3. The van der Waals surface area contributed by atoms with Gasteiger partial charge in [0, 0.05) is 18.5 Å². The van der Waals surface area contributed by atoms with E-state index < -0.39 is 29.5 Å². The second kappa shape index (κ2) is 9.35. The smallest absolute Gasteiger partial charge is 0.303 e. The summed E-state index contributed by atoms with van der Waals surface area (Å²) in [5, 5.41) is 19.6. The summed E-state index contributed by atoms with van der Waals surface area (Å²) in [6, 6.07) is 13.2. The lowest BCUT2D eigenvalue weighted by Crippen LogP contribution is -2.30. The van der Waals surface area contributed by atoms with Crippen LogP contribution < -0.4 is 0 Å². The minimum atomic E-state index is -0.876. The van der Waals surface area contributed by atoms with Crippen molar-refractivity contribution in [2.24, 2.45) is 0 Å². The van der Waals surface area contributed by atoms with Crippen molar-refractivity contribution < 1.29 is 29.0 Å². The molecule has 0 aliphatic carbocycles. The van der Waals surface area contributed by atoms with Gasteiger partial charge in [-0.15, -0.1) is 0 Å². The van der Waals surface area contributed by atoms with Crippen LogP contribution in [0.4, 0.5) is 4.39 Å². The number of ketones is 1. The summed E-state index contributed by atoms with van der Waals surface area (Å²) in [5.74, 6) is -3.22. The minimum Gasteiger partial charge on any atom is -0.507 e. The van der Waals surface area contributed by atoms with E-state index in [1.54, 1.807) is 24.3 Å². The van der Waals surface area contributed by atoms with Gasteiger partial charge in [0.15, 0.2) is 0 Å². The molecule has 1 saturated heterocycles. The fourth-order valence-electron chi connectivity index (χ4n) is 3.59. The van der Waals surface area contributed by atoms with Gasteiger partial charge in [0.1, 0.15) is 11.6 Å². The molecule has 0 aromatic heterocycles. The van der Waals surface area contributed by atoms with Crippen molar-refractivity contribution in [2.75, 3.05) is 6.54 Å². The molecule has 2 aromatic rings. The number of hydrogen-bond donors (Lipinski definition) is 2. The third kappa shape index (κ3) is 4.56. The monoisotopic (exact) mass is 411 g/mol. The Labute approximate surface area is 173 Å². The molecule has 0 bridgehead atoms. The van der Waals surface area contributed by atoms with Crippen molar-refractivity contribution in [3.63, 3.8) is 0 Å². The standard InChI is InChI=1S/C23H22FNO5/c24-17-12-10-16(11-13-17)21(28)19-20(15-7-3-1-4-8-15)25(23(30)22(19)29)14-6-2-5-9-18(26)27/h1,3-4,7-8,10-13,20,28H,2,5-6,9,14H2,(H,26,27)/b21-19-. The predicted octanol–water partition coefficient (Wildman–Crippen LogP) is 3.89. The van der Waals surface area contributed by atoms with Crippen LogP contribution in [-0.4, -0.2) is 39.3 Å². The number of carboxylic acid groups (broad SMARTS) is 1. The summed E-state index contributed by atoms with van der Waals surface area (Å²) < 4.78 is 13.3. The molecule has 7 heteroatoms. The molecule has 1 aliphatic heterocycles. The molecular weight excluding hydrogens is 389 g/mol. The molecule has 1 aliphatic rings. The molecule has 2 aromatic carbocycles. The predicted molar refractivity (Wildman–Crippen MR) is 108 cm³/mol. The van der Waals surface area contributed by atoms with Crippen molar-refractivity contribution in [1.29, 1.82) is 0 Å². The molecule has 0 spiro atoms. The zero-order chi connectivity index (χ0) is 21.7. The molecular formula is C23H22FNO5. The second-order valence-electron chi connectivity index (χ2n) is 7.11. The van der Waals surface area contributed by atoms with Gasteiger partial charge in [-0.3, -0.25) is 14.4 Å². The van der Waals surface area contributed by atoms with Crippen LogP contribution in [0.5, 0.6) is 0 Å². The molecule has 30 heavy (non-hydrogen) atoms. The van der Waals surface area contributed by atoms with E-state index in [1.807, 2.05) is 6.07 Å². The summed E-state index contributed by atoms with van der Waals surface area (Å²) in [4.78, 5) is 37.6. The van der Waals surface area contributed by atoms with Crippen LogP contribution >= 0.6 is 0 Å². The highest BCUT2D eigenvalue weighted by molar-refractivity contribution is 6.46. The van der Waals surface area contributed by atoms with E-state index >= 15 is 0 Å². The first-order chi connectivity index (χ1) is 14.4. The number of aliphatic hydroxyl groups is 1. The van der Waals surface area contributed by atoms with Crippen molar-refractivity contribution in [3.05, 3.63) is 77.1 Å². The lowest BCUT2D eigenvalue weighted by molar-refractivity contribution is -0.140. The van der Waals surface area contributed by atoms with Crippen LogP contribution in [0.1, 0.15) is 42.9 Å². The summed E-state index contributed by atoms with van der Waals surface area (Å²) in [6.07, 6.45) is 1.64. The van der Waals surface area contributed by atoms with E-state index in [0.29, 0.717) is 24.8 Å². The van der Waals surface area contributed by atoms with Gasteiger partial charge in [0.25, 0.3) is 11.7 Å². The third-order valence-corrected chi connectivity index (χ3v) is 5.06. The maximum absolute atomic E-state index is 13.3. The molecule has 1 atom stereocenters. The second-order valence-corrected chi connectivity index (χ2v) is 7.11. The number of Topliss-reactive ketones (excluding diaryl/α,β-unsaturated/α-hetero) is 1. The van der Waals surface area contributed by atoms with Crippen LogP contribution in [0.2, 0.25) is 0 Å². The number of benzene rings is 2. The van der Waals surface area contributed by atoms with Gasteiger partial charge >= 0.3 is 5.97 Å². The van der Waals surface area contributed by atoms with Crippen LogP contribution in [0.15, 0.2) is 60.2 Å². The van der Waals surface area contributed by atoms with Gasteiger partial charge in [0.05, 0.1) is 11.6 Å². The molecule has 0 saturated carbocycles. The molecule has 156 valence electrons.